The highest BCUT2D eigenvalue weighted by atomic mass is 127. The minimum absolute atomic E-state index is 0. The number of fused-ring (bicyclic) bond motifs is 1. The number of nitrogens with zero attached hydrogens (tertiary/aromatic N) is 8. The maximum absolute atomic E-state index is 4.92. The van der Waals surface area contributed by atoms with E-state index in [1.807, 2.05) is 13.1 Å². The Morgan fingerprint density at radius 3 is 2.81 bits per heavy atom. The molecule has 31 heavy (non-hydrogen) atoms. The van der Waals surface area contributed by atoms with Gasteiger partial charge in [0, 0.05) is 58.9 Å². The minimum atomic E-state index is 0. The standard InChI is InChI=1S/C19H28N10O.HI/c1-3-20-19(29-9-7-28(8-10-29)13-15-4-11-30-26-15)22-6-5-21-17-16-12-25-27(2)18(16)24-14-23-17;/h4,11-12,14H,3,5-10,13H2,1-2H3,(H,20,22)(H,21,23,24);1H. The van der Waals surface area contributed by atoms with Crippen molar-refractivity contribution >= 4 is 46.8 Å². The van der Waals surface area contributed by atoms with Gasteiger partial charge in [-0.25, -0.2) is 9.97 Å². The Hall–Kier alpha value is -2.48. The summed E-state index contributed by atoms with van der Waals surface area (Å²) in [5.41, 5.74) is 1.79. The summed E-state index contributed by atoms with van der Waals surface area (Å²) >= 11 is 0. The number of guanidine groups is 1. The van der Waals surface area contributed by atoms with Gasteiger partial charge in [-0.1, -0.05) is 5.16 Å². The van der Waals surface area contributed by atoms with Crippen LogP contribution in [0, 0.1) is 0 Å². The highest BCUT2D eigenvalue weighted by Gasteiger charge is 2.20. The molecule has 0 atom stereocenters. The third-order valence-corrected chi connectivity index (χ3v) is 5.08. The topological polar surface area (TPSA) is 113 Å². The van der Waals surface area contributed by atoms with Gasteiger partial charge in [0.05, 0.1) is 23.8 Å². The number of anilines is 1. The van der Waals surface area contributed by atoms with Gasteiger partial charge in [-0.3, -0.25) is 14.6 Å². The number of nitrogens with one attached hydrogen (secondary N) is 2. The summed E-state index contributed by atoms with van der Waals surface area (Å²) in [5.74, 6) is 1.74. The molecule has 0 radical (unpaired) electrons. The first kappa shape index (κ1) is 23.2. The van der Waals surface area contributed by atoms with Crippen molar-refractivity contribution in [1.82, 2.24) is 40.0 Å². The Morgan fingerprint density at radius 2 is 2.06 bits per heavy atom. The predicted molar refractivity (Wildman–Crippen MR) is 130 cm³/mol. The van der Waals surface area contributed by atoms with E-state index in [0.29, 0.717) is 13.1 Å². The van der Waals surface area contributed by atoms with Crippen LogP contribution in [-0.4, -0.2) is 86.5 Å². The van der Waals surface area contributed by atoms with Crippen molar-refractivity contribution in [2.24, 2.45) is 12.0 Å². The van der Waals surface area contributed by atoms with Crippen LogP contribution < -0.4 is 10.6 Å². The molecule has 0 unspecified atom stereocenters. The van der Waals surface area contributed by atoms with Crippen molar-refractivity contribution < 1.29 is 4.52 Å². The second-order valence-corrected chi connectivity index (χ2v) is 7.14. The van der Waals surface area contributed by atoms with Gasteiger partial charge in [0.2, 0.25) is 0 Å². The quantitative estimate of drug-likeness (QED) is 0.197. The zero-order valence-electron chi connectivity index (χ0n) is 17.9. The molecule has 0 amide bonds. The highest BCUT2D eigenvalue weighted by Crippen LogP contribution is 2.17. The lowest BCUT2D eigenvalue weighted by atomic mass is 10.3. The number of rotatable bonds is 7. The fourth-order valence-electron chi connectivity index (χ4n) is 3.53. The van der Waals surface area contributed by atoms with E-state index in [9.17, 15) is 0 Å². The van der Waals surface area contributed by atoms with Gasteiger partial charge in [-0.15, -0.1) is 24.0 Å². The van der Waals surface area contributed by atoms with Gasteiger partial charge < -0.3 is 20.1 Å². The zero-order chi connectivity index (χ0) is 20.8. The third kappa shape index (κ3) is 5.81. The average molecular weight is 540 g/mol. The molecule has 168 valence electrons. The summed E-state index contributed by atoms with van der Waals surface area (Å²) in [7, 11) is 1.87. The van der Waals surface area contributed by atoms with Gasteiger partial charge in [-0.2, -0.15) is 5.10 Å². The van der Waals surface area contributed by atoms with E-state index in [1.165, 1.54) is 0 Å². The number of piperazine rings is 1. The molecule has 1 saturated heterocycles. The van der Waals surface area contributed by atoms with Crippen LogP contribution in [0.1, 0.15) is 12.6 Å². The second kappa shape index (κ2) is 11.2. The van der Waals surface area contributed by atoms with Gasteiger partial charge in [0.15, 0.2) is 11.6 Å². The van der Waals surface area contributed by atoms with E-state index in [0.717, 1.165) is 67.8 Å². The van der Waals surface area contributed by atoms with Crippen LogP contribution in [-0.2, 0) is 13.6 Å². The van der Waals surface area contributed by atoms with Gasteiger partial charge in [0.25, 0.3) is 0 Å². The van der Waals surface area contributed by atoms with Crippen LogP contribution in [0.4, 0.5) is 5.82 Å². The molecule has 12 heteroatoms. The van der Waals surface area contributed by atoms with Crippen molar-refractivity contribution in [2.75, 3.05) is 51.1 Å². The summed E-state index contributed by atoms with van der Waals surface area (Å²) in [6, 6.07) is 1.92. The molecule has 4 heterocycles. The summed E-state index contributed by atoms with van der Waals surface area (Å²) in [6.45, 7) is 8.88. The molecule has 1 aliphatic rings. The van der Waals surface area contributed by atoms with Crippen LogP contribution in [0.25, 0.3) is 11.0 Å². The van der Waals surface area contributed by atoms with Crippen LogP contribution in [0.5, 0.6) is 0 Å². The molecule has 1 fully saturated rings. The van der Waals surface area contributed by atoms with Crippen molar-refractivity contribution in [3.05, 3.63) is 30.5 Å². The Bertz CT molecular complexity index is 965. The number of hydrogen-bond donors (Lipinski definition) is 2. The molecule has 3 aromatic rings. The third-order valence-electron chi connectivity index (χ3n) is 5.08. The number of hydrogen-bond acceptors (Lipinski definition) is 8. The van der Waals surface area contributed by atoms with E-state index in [1.54, 1.807) is 23.5 Å². The zero-order valence-corrected chi connectivity index (χ0v) is 20.2. The molecule has 0 aromatic carbocycles. The lowest BCUT2D eigenvalue weighted by molar-refractivity contribution is 0.169. The van der Waals surface area contributed by atoms with Gasteiger partial charge in [0.1, 0.15) is 18.4 Å². The van der Waals surface area contributed by atoms with Crippen molar-refractivity contribution in [2.45, 2.75) is 13.5 Å². The summed E-state index contributed by atoms with van der Waals surface area (Å²) in [4.78, 5) is 18.1. The molecular weight excluding hydrogens is 511 g/mol. The molecule has 1 aliphatic heterocycles. The molecule has 4 rings (SSSR count). The van der Waals surface area contributed by atoms with Crippen LogP contribution in [0.2, 0.25) is 0 Å². The van der Waals surface area contributed by atoms with Gasteiger partial charge in [-0.05, 0) is 6.92 Å². The fourth-order valence-corrected chi connectivity index (χ4v) is 3.53. The van der Waals surface area contributed by atoms with Crippen molar-refractivity contribution in [3.8, 4) is 0 Å². The number of aliphatic imine (C=N–C) groups is 1. The highest BCUT2D eigenvalue weighted by molar-refractivity contribution is 14.0. The Balaban J connectivity index is 0.00000272. The van der Waals surface area contributed by atoms with Crippen LogP contribution >= 0.6 is 24.0 Å². The molecule has 0 saturated carbocycles. The predicted octanol–water partition coefficient (Wildman–Crippen LogP) is 1.16. The maximum atomic E-state index is 4.92. The summed E-state index contributed by atoms with van der Waals surface area (Å²) in [5, 5.41) is 15.9. The molecule has 0 spiro atoms. The molecule has 0 aliphatic carbocycles. The summed E-state index contributed by atoms with van der Waals surface area (Å²) < 4.78 is 6.67. The molecule has 0 bridgehead atoms. The fraction of sp³-hybridized carbons (Fsp3) is 0.526. The normalized spacial score (nSPS) is 15.2. The largest absolute Gasteiger partial charge is 0.367 e. The Morgan fingerprint density at radius 1 is 1.23 bits per heavy atom. The monoisotopic (exact) mass is 540 g/mol. The first-order valence-corrected chi connectivity index (χ1v) is 10.3. The van der Waals surface area contributed by atoms with E-state index in [2.05, 4.69) is 47.6 Å². The summed E-state index contributed by atoms with van der Waals surface area (Å²) in [6.07, 6.45) is 4.96. The van der Waals surface area contributed by atoms with Crippen molar-refractivity contribution in [3.63, 3.8) is 0 Å². The SMILES string of the molecule is CCNC(=NCCNc1ncnc2c1cnn2C)N1CCN(Cc2ccon2)CC1.I. The first-order chi connectivity index (χ1) is 14.7. The molecule has 11 nitrogen and oxygen atoms in total. The smallest absolute Gasteiger partial charge is 0.194 e. The number of halogens is 1. The van der Waals surface area contributed by atoms with E-state index >= 15 is 0 Å². The van der Waals surface area contributed by atoms with Crippen molar-refractivity contribution in [1.29, 1.82) is 0 Å². The average Bonchev–Trinajstić information content (AvgIpc) is 3.41. The molecular formula is C19H29IN10O. The number of aryl methyl sites for hydroxylation is 1. The van der Waals surface area contributed by atoms with Gasteiger partial charge >= 0.3 is 0 Å². The maximum Gasteiger partial charge on any atom is 0.194 e. The first-order valence-electron chi connectivity index (χ1n) is 10.3. The van der Waals surface area contributed by atoms with E-state index in [4.69, 9.17) is 9.52 Å². The van der Waals surface area contributed by atoms with Crippen LogP contribution in [0.15, 0.2) is 34.4 Å². The lowest BCUT2D eigenvalue weighted by Crippen LogP contribution is -2.52. The Kier molecular flexibility index (Phi) is 8.40. The lowest BCUT2D eigenvalue weighted by Gasteiger charge is -2.36. The minimum Gasteiger partial charge on any atom is -0.367 e. The van der Waals surface area contributed by atoms with E-state index < -0.39 is 0 Å². The van der Waals surface area contributed by atoms with Crippen LogP contribution in [0.3, 0.4) is 0 Å². The molecule has 3 aromatic heterocycles. The Labute approximate surface area is 198 Å². The number of aromatic nitrogens is 5. The van der Waals surface area contributed by atoms with E-state index in [-0.39, 0.29) is 24.0 Å². The molecule has 2 N–H and O–H groups in total. The second-order valence-electron chi connectivity index (χ2n) is 7.14.